The molecular formula is C36H52N2O5S. The van der Waals surface area contributed by atoms with Crippen LogP contribution in [0.2, 0.25) is 0 Å². The van der Waals surface area contributed by atoms with E-state index in [1.165, 1.54) is 31.1 Å². The molecule has 0 radical (unpaired) electrons. The van der Waals surface area contributed by atoms with E-state index >= 15 is 0 Å². The summed E-state index contributed by atoms with van der Waals surface area (Å²) in [5.74, 6) is 3.18. The van der Waals surface area contributed by atoms with Gasteiger partial charge in [0.25, 0.3) is 0 Å². The summed E-state index contributed by atoms with van der Waals surface area (Å²) in [7, 11) is -3.18. The van der Waals surface area contributed by atoms with Crippen LogP contribution in [0, 0.1) is 40.9 Å². The fourth-order valence-corrected chi connectivity index (χ4v) is 12.2. The fourth-order valence-electron chi connectivity index (χ4n) is 11.4. The van der Waals surface area contributed by atoms with E-state index in [-0.39, 0.29) is 41.2 Å². The summed E-state index contributed by atoms with van der Waals surface area (Å²) in [6.07, 6.45) is 10.9. The molecule has 1 N–H and O–H groups in total. The molecule has 6 aliphatic rings. The SMILES string of the molecule is CC1=C2C[C@H]3[C@@H](CC[C@@H]4C[C@H](NS(C)(=O)=O)CC[C@@]43C)[C@@H]2CC[C@]12O[C@@H]1C[C@H](C)CN(C(=O)OCc3ccccc3)[C@H]1[C@H]2C. The van der Waals surface area contributed by atoms with E-state index in [0.717, 1.165) is 56.6 Å². The zero-order valence-corrected chi connectivity index (χ0v) is 28.1. The molecule has 7 nitrogen and oxygen atoms in total. The van der Waals surface area contributed by atoms with E-state index in [1.54, 1.807) is 5.57 Å². The van der Waals surface area contributed by atoms with Crippen molar-refractivity contribution in [3.8, 4) is 0 Å². The van der Waals surface area contributed by atoms with Gasteiger partial charge in [-0.1, -0.05) is 56.7 Å². The zero-order chi connectivity index (χ0) is 31.0. The van der Waals surface area contributed by atoms with E-state index in [4.69, 9.17) is 9.47 Å². The van der Waals surface area contributed by atoms with Crippen molar-refractivity contribution in [3.63, 3.8) is 0 Å². The maximum atomic E-state index is 13.6. The molecule has 2 saturated heterocycles. The topological polar surface area (TPSA) is 84.9 Å². The largest absolute Gasteiger partial charge is 0.445 e. The number of allylic oxidation sites excluding steroid dienone is 1. The number of amides is 1. The number of hydrogen-bond acceptors (Lipinski definition) is 5. The number of ether oxygens (including phenoxy) is 2. The van der Waals surface area contributed by atoms with Crippen LogP contribution < -0.4 is 4.72 Å². The first-order valence-corrected chi connectivity index (χ1v) is 19.1. The molecule has 1 aromatic carbocycles. The minimum Gasteiger partial charge on any atom is -0.445 e. The summed E-state index contributed by atoms with van der Waals surface area (Å²) in [6.45, 7) is 10.5. The molecule has 0 bridgehead atoms. The highest BCUT2D eigenvalue weighted by atomic mass is 32.2. The van der Waals surface area contributed by atoms with E-state index < -0.39 is 10.0 Å². The predicted molar refractivity (Wildman–Crippen MR) is 171 cm³/mol. The number of sulfonamides is 1. The number of hydrogen-bond donors (Lipinski definition) is 1. The van der Waals surface area contributed by atoms with Crippen molar-refractivity contribution >= 4 is 16.1 Å². The summed E-state index contributed by atoms with van der Waals surface area (Å²) in [6, 6.07) is 10.0. The van der Waals surface area contributed by atoms with Gasteiger partial charge in [0, 0.05) is 18.5 Å². The van der Waals surface area contributed by atoms with Gasteiger partial charge in [-0.15, -0.1) is 0 Å². The molecule has 2 aliphatic heterocycles. The number of likely N-dealkylation sites (tertiary alicyclic amines) is 1. The van der Waals surface area contributed by atoms with Gasteiger partial charge in [-0.2, -0.15) is 0 Å². The Balaban J connectivity index is 1.12. The second kappa shape index (κ2) is 11.1. The van der Waals surface area contributed by atoms with Crippen LogP contribution in [0.3, 0.4) is 0 Å². The van der Waals surface area contributed by atoms with Gasteiger partial charge >= 0.3 is 6.09 Å². The fraction of sp³-hybridized carbons (Fsp3) is 0.750. The predicted octanol–water partition coefficient (Wildman–Crippen LogP) is 6.69. The second-order valence-corrected chi connectivity index (χ2v) is 17.5. The van der Waals surface area contributed by atoms with Crippen LogP contribution in [0.15, 0.2) is 41.5 Å². The molecule has 3 saturated carbocycles. The van der Waals surface area contributed by atoms with E-state index in [1.807, 2.05) is 35.2 Å². The van der Waals surface area contributed by atoms with Crippen molar-refractivity contribution in [2.45, 2.75) is 116 Å². The first kappa shape index (κ1) is 30.7. The Kier molecular flexibility index (Phi) is 7.77. The van der Waals surface area contributed by atoms with E-state index in [2.05, 4.69) is 32.4 Å². The average molecular weight is 625 g/mol. The van der Waals surface area contributed by atoms with Crippen LogP contribution in [0.4, 0.5) is 4.79 Å². The summed E-state index contributed by atoms with van der Waals surface area (Å²) < 4.78 is 40.0. The zero-order valence-electron chi connectivity index (χ0n) is 27.3. The lowest BCUT2D eigenvalue weighted by molar-refractivity contribution is -0.0666. The van der Waals surface area contributed by atoms with Gasteiger partial charge in [0.1, 0.15) is 6.61 Å². The lowest BCUT2D eigenvalue weighted by Gasteiger charge is -2.54. The molecule has 4 aliphatic carbocycles. The smallest absolute Gasteiger partial charge is 0.410 e. The highest BCUT2D eigenvalue weighted by Gasteiger charge is 2.63. The van der Waals surface area contributed by atoms with Gasteiger partial charge in [0.2, 0.25) is 10.0 Å². The monoisotopic (exact) mass is 624 g/mol. The Morgan fingerprint density at radius 1 is 1.09 bits per heavy atom. The molecule has 1 aromatic rings. The van der Waals surface area contributed by atoms with Crippen molar-refractivity contribution < 1.29 is 22.7 Å². The highest BCUT2D eigenvalue weighted by Crippen LogP contribution is 2.66. The number of nitrogens with one attached hydrogen (secondary N) is 1. The number of carbonyl (C=O) groups excluding carboxylic acids is 1. The third-order valence-electron chi connectivity index (χ3n) is 13.4. The van der Waals surface area contributed by atoms with Gasteiger partial charge in [0.15, 0.2) is 0 Å². The molecule has 0 aromatic heterocycles. The van der Waals surface area contributed by atoms with Crippen LogP contribution >= 0.6 is 0 Å². The number of benzene rings is 1. The van der Waals surface area contributed by atoms with Gasteiger partial charge in [-0.3, -0.25) is 0 Å². The van der Waals surface area contributed by atoms with Crippen molar-refractivity contribution in [1.29, 1.82) is 0 Å². The minimum atomic E-state index is -3.18. The number of carbonyl (C=O) groups is 1. The van der Waals surface area contributed by atoms with Crippen LogP contribution in [-0.4, -0.2) is 56.0 Å². The first-order chi connectivity index (χ1) is 20.9. The molecule has 242 valence electrons. The lowest BCUT2D eigenvalue weighted by Crippen LogP contribution is -2.54. The van der Waals surface area contributed by atoms with Crippen molar-refractivity contribution in [2.75, 3.05) is 12.8 Å². The highest BCUT2D eigenvalue weighted by molar-refractivity contribution is 7.88. The van der Waals surface area contributed by atoms with Crippen molar-refractivity contribution in [1.82, 2.24) is 9.62 Å². The number of piperidine rings is 1. The molecule has 11 atom stereocenters. The van der Waals surface area contributed by atoms with Crippen molar-refractivity contribution in [2.24, 2.45) is 40.9 Å². The molecule has 44 heavy (non-hydrogen) atoms. The van der Waals surface area contributed by atoms with Gasteiger partial charge in [0.05, 0.1) is 24.0 Å². The molecule has 1 amide bonds. The first-order valence-electron chi connectivity index (χ1n) is 17.2. The maximum absolute atomic E-state index is 13.6. The number of fused-ring (bicyclic) bond motifs is 6. The molecule has 1 spiro atoms. The Labute approximate surface area is 264 Å². The third-order valence-corrected chi connectivity index (χ3v) is 14.2. The summed E-state index contributed by atoms with van der Waals surface area (Å²) in [5.41, 5.74) is 4.08. The lowest BCUT2D eigenvalue weighted by atomic mass is 9.52. The Morgan fingerprint density at radius 2 is 1.86 bits per heavy atom. The van der Waals surface area contributed by atoms with Gasteiger partial charge < -0.3 is 14.4 Å². The second-order valence-electron chi connectivity index (χ2n) is 15.8. The quantitative estimate of drug-likeness (QED) is 0.378. The summed E-state index contributed by atoms with van der Waals surface area (Å²) in [5, 5.41) is 0. The standard InChI is InChI=1S/C36H52N2O5S/c1-22-17-32-33(38(20-22)34(39)42-21-25-9-7-6-8-10-25)24(3)36(43-32)16-14-28-29-12-11-26-18-27(37-44(5,40)41)13-15-35(26,4)31(29)19-30(28)23(36)2/h6-10,22,24,26-29,31-33,37H,11-21H2,1-5H3/t22-,24+,26+,27+,28-,29-,31-,32+,33-,35-,36-/m0/s1. The molecule has 2 heterocycles. The molecule has 0 unspecified atom stereocenters. The van der Waals surface area contributed by atoms with Gasteiger partial charge in [-0.05, 0) is 111 Å². The molecule has 8 heteroatoms. The molecule has 7 rings (SSSR count). The van der Waals surface area contributed by atoms with Crippen LogP contribution in [0.1, 0.15) is 91.0 Å². The van der Waals surface area contributed by atoms with Crippen molar-refractivity contribution in [3.05, 3.63) is 47.0 Å². The average Bonchev–Trinajstić information content (AvgIpc) is 3.50. The van der Waals surface area contributed by atoms with E-state index in [0.29, 0.717) is 30.3 Å². The normalized spacial score (nSPS) is 43.3. The minimum absolute atomic E-state index is 0.0322. The Hall–Kier alpha value is -1.90. The Bertz CT molecular complexity index is 1410. The number of rotatable bonds is 4. The molecule has 5 fully saturated rings. The maximum Gasteiger partial charge on any atom is 0.410 e. The van der Waals surface area contributed by atoms with Gasteiger partial charge in [-0.25, -0.2) is 17.9 Å². The Morgan fingerprint density at radius 3 is 2.61 bits per heavy atom. The van der Waals surface area contributed by atoms with Crippen LogP contribution in [-0.2, 0) is 26.1 Å². The van der Waals surface area contributed by atoms with E-state index in [9.17, 15) is 13.2 Å². The van der Waals surface area contributed by atoms with Crippen LogP contribution in [0.5, 0.6) is 0 Å². The third kappa shape index (κ3) is 5.06. The summed E-state index contributed by atoms with van der Waals surface area (Å²) in [4.78, 5) is 15.6. The molecular weight excluding hydrogens is 572 g/mol. The number of nitrogens with zero attached hydrogens (tertiary/aromatic N) is 1. The summed E-state index contributed by atoms with van der Waals surface area (Å²) >= 11 is 0. The van der Waals surface area contributed by atoms with Crippen LogP contribution in [0.25, 0.3) is 0 Å².